The Bertz CT molecular complexity index is 655. The van der Waals surface area contributed by atoms with E-state index in [1.165, 1.54) is 0 Å². The number of carbonyl (C=O) groups excluding carboxylic acids is 1. The SMILES string of the molecule is CCC1CC1NC(=O)c1cccc(-c2nc(CCl)cs2)c1. The number of nitrogens with zero attached hydrogens (tertiary/aromatic N) is 1. The van der Waals surface area contributed by atoms with E-state index < -0.39 is 0 Å². The van der Waals surface area contributed by atoms with E-state index in [4.69, 9.17) is 11.6 Å². The number of carbonyl (C=O) groups is 1. The normalized spacial score (nSPS) is 20.3. The maximum atomic E-state index is 12.3. The van der Waals surface area contributed by atoms with Gasteiger partial charge in [0.15, 0.2) is 0 Å². The summed E-state index contributed by atoms with van der Waals surface area (Å²) in [5.41, 5.74) is 2.53. The Labute approximate surface area is 133 Å². The van der Waals surface area contributed by atoms with Crippen LogP contribution in [0.15, 0.2) is 29.6 Å². The van der Waals surface area contributed by atoms with E-state index in [1.807, 2.05) is 29.6 Å². The van der Waals surface area contributed by atoms with Crippen LogP contribution in [0.4, 0.5) is 0 Å². The number of nitrogens with one attached hydrogen (secondary N) is 1. The lowest BCUT2D eigenvalue weighted by molar-refractivity contribution is 0.0949. The summed E-state index contributed by atoms with van der Waals surface area (Å²) in [5, 5.41) is 5.94. The molecule has 1 fully saturated rings. The summed E-state index contributed by atoms with van der Waals surface area (Å²) >= 11 is 7.33. The third-order valence-corrected chi connectivity index (χ3v) is 5.04. The van der Waals surface area contributed by atoms with Crippen molar-refractivity contribution in [2.45, 2.75) is 31.7 Å². The highest BCUT2D eigenvalue weighted by atomic mass is 35.5. The van der Waals surface area contributed by atoms with Crippen molar-refractivity contribution in [1.29, 1.82) is 0 Å². The predicted molar refractivity (Wildman–Crippen MR) is 86.8 cm³/mol. The Morgan fingerprint density at radius 3 is 3.05 bits per heavy atom. The summed E-state index contributed by atoms with van der Waals surface area (Å²) < 4.78 is 0. The van der Waals surface area contributed by atoms with E-state index >= 15 is 0 Å². The Hall–Kier alpha value is -1.39. The fourth-order valence-corrected chi connectivity index (χ4v) is 3.47. The average molecular weight is 321 g/mol. The van der Waals surface area contributed by atoms with Gasteiger partial charge in [0.25, 0.3) is 5.91 Å². The number of amides is 1. The van der Waals surface area contributed by atoms with Gasteiger partial charge >= 0.3 is 0 Å². The molecule has 1 heterocycles. The average Bonchev–Trinajstić information content (AvgIpc) is 3.09. The molecule has 1 N–H and O–H groups in total. The summed E-state index contributed by atoms with van der Waals surface area (Å²) in [6.45, 7) is 2.16. The van der Waals surface area contributed by atoms with Crippen molar-refractivity contribution in [3.05, 3.63) is 40.9 Å². The lowest BCUT2D eigenvalue weighted by Crippen LogP contribution is -2.26. The van der Waals surface area contributed by atoms with Crippen LogP contribution in [-0.2, 0) is 5.88 Å². The number of thiazole rings is 1. The van der Waals surface area contributed by atoms with Crippen LogP contribution < -0.4 is 5.32 Å². The van der Waals surface area contributed by atoms with Gasteiger partial charge in [0, 0.05) is 22.5 Å². The lowest BCUT2D eigenvalue weighted by Gasteiger charge is -2.05. The van der Waals surface area contributed by atoms with Crippen LogP contribution in [0.3, 0.4) is 0 Å². The van der Waals surface area contributed by atoms with Crippen molar-refractivity contribution >= 4 is 28.8 Å². The van der Waals surface area contributed by atoms with Crippen LogP contribution in [-0.4, -0.2) is 16.9 Å². The van der Waals surface area contributed by atoms with Crippen LogP contribution in [0.1, 0.15) is 35.8 Å². The topological polar surface area (TPSA) is 42.0 Å². The largest absolute Gasteiger partial charge is 0.349 e. The molecule has 3 rings (SSSR count). The Balaban J connectivity index is 1.75. The van der Waals surface area contributed by atoms with Gasteiger partial charge in [-0.05, 0) is 24.5 Å². The van der Waals surface area contributed by atoms with Gasteiger partial charge in [-0.2, -0.15) is 0 Å². The van der Waals surface area contributed by atoms with E-state index in [1.54, 1.807) is 11.3 Å². The third kappa shape index (κ3) is 3.27. The minimum absolute atomic E-state index is 0.00641. The molecular formula is C16H17ClN2OS. The van der Waals surface area contributed by atoms with Crippen LogP contribution >= 0.6 is 22.9 Å². The van der Waals surface area contributed by atoms with Crippen molar-refractivity contribution in [1.82, 2.24) is 10.3 Å². The van der Waals surface area contributed by atoms with Crippen LogP contribution in [0, 0.1) is 5.92 Å². The lowest BCUT2D eigenvalue weighted by atomic mass is 10.1. The van der Waals surface area contributed by atoms with Crippen molar-refractivity contribution < 1.29 is 4.79 Å². The van der Waals surface area contributed by atoms with Gasteiger partial charge in [-0.1, -0.05) is 25.5 Å². The van der Waals surface area contributed by atoms with E-state index in [2.05, 4.69) is 17.2 Å². The Kier molecular flexibility index (Phi) is 4.27. The molecular weight excluding hydrogens is 304 g/mol. The van der Waals surface area contributed by atoms with Gasteiger partial charge in [-0.25, -0.2) is 4.98 Å². The van der Waals surface area contributed by atoms with Gasteiger partial charge in [-0.15, -0.1) is 22.9 Å². The number of halogens is 1. The molecule has 1 aromatic heterocycles. The minimum Gasteiger partial charge on any atom is -0.349 e. The zero-order chi connectivity index (χ0) is 14.8. The molecule has 2 atom stereocenters. The molecule has 0 saturated heterocycles. The second-order valence-corrected chi connectivity index (χ2v) is 6.47. The fourth-order valence-electron chi connectivity index (χ4n) is 2.42. The molecule has 2 unspecified atom stereocenters. The van der Waals surface area contributed by atoms with Crippen molar-refractivity contribution in [3.63, 3.8) is 0 Å². The number of hydrogen-bond acceptors (Lipinski definition) is 3. The molecule has 1 aliphatic carbocycles. The molecule has 0 bridgehead atoms. The van der Waals surface area contributed by atoms with Gasteiger partial charge in [0.1, 0.15) is 5.01 Å². The van der Waals surface area contributed by atoms with Crippen LogP contribution in [0.5, 0.6) is 0 Å². The van der Waals surface area contributed by atoms with Crippen molar-refractivity contribution in [2.24, 2.45) is 5.92 Å². The summed E-state index contributed by atoms with van der Waals surface area (Å²) in [5.74, 6) is 1.07. The molecule has 110 valence electrons. The van der Waals surface area contributed by atoms with Crippen molar-refractivity contribution in [2.75, 3.05) is 0 Å². The first kappa shape index (κ1) is 14.5. The van der Waals surface area contributed by atoms with Gasteiger partial charge in [0.2, 0.25) is 0 Å². The monoisotopic (exact) mass is 320 g/mol. The quantitative estimate of drug-likeness (QED) is 0.843. The molecule has 0 aliphatic heterocycles. The number of hydrogen-bond donors (Lipinski definition) is 1. The number of aromatic nitrogens is 1. The maximum absolute atomic E-state index is 12.3. The van der Waals surface area contributed by atoms with E-state index in [0.29, 0.717) is 23.4 Å². The zero-order valence-corrected chi connectivity index (χ0v) is 13.4. The summed E-state index contributed by atoms with van der Waals surface area (Å²) in [6, 6.07) is 7.97. The molecule has 2 aromatic rings. The van der Waals surface area contributed by atoms with E-state index in [0.717, 1.165) is 29.1 Å². The first-order valence-corrected chi connectivity index (χ1v) is 8.54. The highest BCUT2D eigenvalue weighted by molar-refractivity contribution is 7.13. The maximum Gasteiger partial charge on any atom is 0.251 e. The molecule has 0 radical (unpaired) electrons. The molecule has 1 aliphatic rings. The van der Waals surface area contributed by atoms with E-state index in [-0.39, 0.29) is 5.91 Å². The zero-order valence-electron chi connectivity index (χ0n) is 11.8. The molecule has 1 saturated carbocycles. The Morgan fingerprint density at radius 2 is 2.38 bits per heavy atom. The van der Waals surface area contributed by atoms with Gasteiger partial charge in [0.05, 0.1) is 11.6 Å². The highest BCUT2D eigenvalue weighted by Crippen LogP contribution is 2.33. The van der Waals surface area contributed by atoms with Crippen LogP contribution in [0.2, 0.25) is 0 Å². The number of alkyl halides is 1. The highest BCUT2D eigenvalue weighted by Gasteiger charge is 2.36. The molecule has 5 heteroatoms. The summed E-state index contributed by atoms with van der Waals surface area (Å²) in [7, 11) is 0. The number of benzene rings is 1. The molecule has 0 spiro atoms. The second-order valence-electron chi connectivity index (χ2n) is 5.34. The van der Waals surface area contributed by atoms with Gasteiger partial charge < -0.3 is 5.32 Å². The first-order chi connectivity index (χ1) is 10.2. The van der Waals surface area contributed by atoms with Gasteiger partial charge in [-0.3, -0.25) is 4.79 Å². The fraction of sp³-hybridized carbons (Fsp3) is 0.375. The first-order valence-electron chi connectivity index (χ1n) is 7.13. The summed E-state index contributed by atoms with van der Waals surface area (Å²) in [6.07, 6.45) is 2.23. The minimum atomic E-state index is 0.00641. The second kappa shape index (κ2) is 6.16. The molecule has 3 nitrogen and oxygen atoms in total. The third-order valence-electron chi connectivity index (χ3n) is 3.82. The van der Waals surface area contributed by atoms with Crippen LogP contribution in [0.25, 0.3) is 10.6 Å². The van der Waals surface area contributed by atoms with Crippen molar-refractivity contribution in [3.8, 4) is 10.6 Å². The standard InChI is InChI=1S/C16H17ClN2OS/c1-2-10-7-14(10)19-15(20)11-4-3-5-12(6-11)16-18-13(8-17)9-21-16/h3-6,9-10,14H,2,7-8H2,1H3,(H,19,20). The summed E-state index contributed by atoms with van der Waals surface area (Å²) in [4.78, 5) is 16.7. The molecule has 21 heavy (non-hydrogen) atoms. The smallest absolute Gasteiger partial charge is 0.251 e. The number of rotatable bonds is 5. The molecule has 1 aromatic carbocycles. The molecule has 1 amide bonds. The Morgan fingerprint density at radius 1 is 1.52 bits per heavy atom. The predicted octanol–water partition coefficient (Wildman–Crippen LogP) is 4.08. The van der Waals surface area contributed by atoms with E-state index in [9.17, 15) is 4.79 Å².